The second-order valence-corrected chi connectivity index (χ2v) is 4.48. The highest BCUT2D eigenvalue weighted by atomic mass is 16.3. The third-order valence-electron chi connectivity index (χ3n) is 3.04. The van der Waals surface area contributed by atoms with Crippen LogP contribution in [0.15, 0.2) is 48.5 Å². The second kappa shape index (κ2) is 5.59. The lowest BCUT2D eigenvalue weighted by Gasteiger charge is -2.08. The van der Waals surface area contributed by atoms with E-state index >= 15 is 0 Å². The fourth-order valence-corrected chi connectivity index (χ4v) is 1.84. The Morgan fingerprint density at radius 3 is 2.58 bits per heavy atom. The summed E-state index contributed by atoms with van der Waals surface area (Å²) in [6.45, 7) is 2.02. The van der Waals surface area contributed by atoms with E-state index in [9.17, 15) is 10.2 Å². The van der Waals surface area contributed by atoms with Crippen molar-refractivity contribution in [1.29, 1.82) is 0 Å². The molecule has 2 aromatic carbocycles. The van der Waals surface area contributed by atoms with Crippen molar-refractivity contribution in [2.24, 2.45) is 0 Å². The number of aryl methyl sites for hydroxylation is 1. The summed E-state index contributed by atoms with van der Waals surface area (Å²) in [7, 11) is 0. The monoisotopic (exact) mass is 255 g/mol. The van der Waals surface area contributed by atoms with E-state index in [4.69, 9.17) is 5.73 Å². The molecule has 0 radical (unpaired) electrons. The van der Waals surface area contributed by atoms with E-state index in [0.717, 1.165) is 11.1 Å². The number of nitrogen functional groups attached to an aromatic ring is 1. The molecule has 0 aliphatic rings. The number of rotatable bonds is 3. The lowest BCUT2D eigenvalue weighted by atomic mass is 10.0. The van der Waals surface area contributed by atoms with E-state index in [1.165, 1.54) is 6.07 Å². The Hall–Kier alpha value is -2.26. The maximum atomic E-state index is 10.1. The highest BCUT2D eigenvalue weighted by Crippen LogP contribution is 2.25. The van der Waals surface area contributed by atoms with E-state index in [2.05, 4.69) is 0 Å². The van der Waals surface area contributed by atoms with Crippen molar-refractivity contribution in [1.82, 2.24) is 0 Å². The molecule has 3 nitrogen and oxygen atoms in total. The van der Waals surface area contributed by atoms with Crippen LogP contribution in [0.1, 0.15) is 22.8 Å². The van der Waals surface area contributed by atoms with Crippen LogP contribution in [0.2, 0.25) is 0 Å². The third kappa shape index (κ3) is 3.14. The summed E-state index contributed by atoms with van der Waals surface area (Å²) in [5, 5.41) is 19.4. The van der Waals surface area contributed by atoms with Gasteiger partial charge in [-0.3, -0.25) is 0 Å². The van der Waals surface area contributed by atoms with Crippen LogP contribution in [0, 0.1) is 6.92 Å². The van der Waals surface area contributed by atoms with Crippen LogP contribution < -0.4 is 5.73 Å². The van der Waals surface area contributed by atoms with Gasteiger partial charge in [-0.25, -0.2) is 0 Å². The van der Waals surface area contributed by atoms with Crippen molar-refractivity contribution in [2.45, 2.75) is 13.0 Å². The average Bonchev–Trinajstić information content (AvgIpc) is 2.40. The Balaban J connectivity index is 2.19. The molecule has 1 atom stereocenters. The Kier molecular flexibility index (Phi) is 3.88. The minimum absolute atomic E-state index is 0.0267. The van der Waals surface area contributed by atoms with E-state index < -0.39 is 6.10 Å². The fraction of sp³-hybridized carbons (Fsp3) is 0.125. The zero-order valence-electron chi connectivity index (χ0n) is 10.7. The molecule has 4 N–H and O–H groups in total. The molecule has 0 saturated carbocycles. The summed E-state index contributed by atoms with van der Waals surface area (Å²) in [5.41, 5.74) is 8.73. The zero-order chi connectivity index (χ0) is 13.8. The first-order valence-electron chi connectivity index (χ1n) is 6.08. The van der Waals surface area contributed by atoms with Crippen LogP contribution in [-0.4, -0.2) is 10.2 Å². The molecule has 0 heterocycles. The number of nitrogens with two attached hydrogens (primary N) is 1. The first kappa shape index (κ1) is 13.2. The molecule has 0 aliphatic heterocycles. The molecule has 0 bridgehead atoms. The standard InChI is InChI=1S/C16H17NO2/c1-11-4-2-3-5-12(11)6-8-15(18)13-7-9-16(19)14(17)10-13/h2-10,15,18-19H,17H2,1H3/b8-6+. The molecule has 0 saturated heterocycles. The van der Waals surface area contributed by atoms with Crippen molar-refractivity contribution in [3.05, 3.63) is 65.2 Å². The molecule has 19 heavy (non-hydrogen) atoms. The van der Waals surface area contributed by atoms with Crippen LogP contribution in [-0.2, 0) is 0 Å². The van der Waals surface area contributed by atoms with Gasteiger partial charge in [0, 0.05) is 0 Å². The van der Waals surface area contributed by atoms with Gasteiger partial charge in [0.2, 0.25) is 0 Å². The van der Waals surface area contributed by atoms with Gasteiger partial charge in [0.1, 0.15) is 5.75 Å². The summed E-state index contributed by atoms with van der Waals surface area (Å²) >= 11 is 0. The van der Waals surface area contributed by atoms with Crippen LogP contribution in [0.5, 0.6) is 5.75 Å². The van der Waals surface area contributed by atoms with Gasteiger partial charge in [-0.2, -0.15) is 0 Å². The van der Waals surface area contributed by atoms with Crippen molar-refractivity contribution in [3.8, 4) is 5.75 Å². The van der Waals surface area contributed by atoms with Gasteiger partial charge in [0.25, 0.3) is 0 Å². The quantitative estimate of drug-likeness (QED) is 0.583. The molecule has 1 unspecified atom stereocenters. The fourth-order valence-electron chi connectivity index (χ4n) is 1.84. The molecule has 3 heteroatoms. The number of phenols is 1. The maximum Gasteiger partial charge on any atom is 0.138 e. The highest BCUT2D eigenvalue weighted by Gasteiger charge is 2.06. The smallest absolute Gasteiger partial charge is 0.138 e. The number of hydrogen-bond acceptors (Lipinski definition) is 3. The van der Waals surface area contributed by atoms with Crippen molar-refractivity contribution < 1.29 is 10.2 Å². The van der Waals surface area contributed by atoms with Gasteiger partial charge >= 0.3 is 0 Å². The Labute approximate surface area is 112 Å². The molecule has 0 aliphatic carbocycles. The molecule has 0 aromatic heterocycles. The van der Waals surface area contributed by atoms with Crippen LogP contribution in [0.3, 0.4) is 0 Å². The summed E-state index contributed by atoms with van der Waals surface area (Å²) in [5.74, 6) is 0.0267. The van der Waals surface area contributed by atoms with Gasteiger partial charge in [0.05, 0.1) is 11.8 Å². The molecule has 98 valence electrons. The minimum atomic E-state index is -0.748. The van der Waals surface area contributed by atoms with Crippen LogP contribution in [0.4, 0.5) is 5.69 Å². The molecular weight excluding hydrogens is 238 g/mol. The SMILES string of the molecule is Cc1ccccc1/C=C/C(O)c1ccc(O)c(N)c1. The summed E-state index contributed by atoms with van der Waals surface area (Å²) in [6, 6.07) is 12.6. The van der Waals surface area contributed by atoms with Crippen molar-refractivity contribution in [3.63, 3.8) is 0 Å². The third-order valence-corrected chi connectivity index (χ3v) is 3.04. The average molecular weight is 255 g/mol. The number of benzene rings is 2. The Bertz CT molecular complexity index is 605. The molecule has 0 amide bonds. The van der Waals surface area contributed by atoms with Gasteiger partial charge < -0.3 is 15.9 Å². The van der Waals surface area contributed by atoms with E-state index in [1.54, 1.807) is 18.2 Å². The molecule has 0 spiro atoms. The second-order valence-electron chi connectivity index (χ2n) is 4.48. The first-order valence-corrected chi connectivity index (χ1v) is 6.08. The number of anilines is 1. The van der Waals surface area contributed by atoms with Gasteiger partial charge in [-0.05, 0) is 35.7 Å². The Morgan fingerprint density at radius 1 is 1.16 bits per heavy atom. The summed E-state index contributed by atoms with van der Waals surface area (Å²) in [6.07, 6.45) is 2.83. The van der Waals surface area contributed by atoms with E-state index in [-0.39, 0.29) is 11.4 Å². The topological polar surface area (TPSA) is 66.5 Å². The number of aliphatic hydroxyl groups is 1. The molecule has 2 aromatic rings. The minimum Gasteiger partial charge on any atom is -0.506 e. The summed E-state index contributed by atoms with van der Waals surface area (Å²) < 4.78 is 0. The lowest BCUT2D eigenvalue weighted by molar-refractivity contribution is 0.229. The van der Waals surface area contributed by atoms with Crippen molar-refractivity contribution >= 4 is 11.8 Å². The zero-order valence-corrected chi connectivity index (χ0v) is 10.7. The van der Waals surface area contributed by atoms with E-state index in [1.807, 2.05) is 37.3 Å². The molecule has 2 rings (SSSR count). The number of hydrogen-bond donors (Lipinski definition) is 3. The predicted octanol–water partition coefficient (Wildman–Crippen LogP) is 3.03. The number of aliphatic hydroxyl groups excluding tert-OH is 1. The normalized spacial score (nSPS) is 12.7. The predicted molar refractivity (Wildman–Crippen MR) is 77.7 cm³/mol. The Morgan fingerprint density at radius 2 is 1.89 bits per heavy atom. The van der Waals surface area contributed by atoms with Gasteiger partial charge in [-0.15, -0.1) is 0 Å². The highest BCUT2D eigenvalue weighted by molar-refractivity contribution is 5.56. The largest absolute Gasteiger partial charge is 0.506 e. The van der Waals surface area contributed by atoms with Gasteiger partial charge in [0.15, 0.2) is 0 Å². The lowest BCUT2D eigenvalue weighted by Crippen LogP contribution is -1.95. The number of aromatic hydroxyl groups is 1. The van der Waals surface area contributed by atoms with Crippen LogP contribution >= 0.6 is 0 Å². The molecule has 0 fully saturated rings. The van der Waals surface area contributed by atoms with Crippen LogP contribution in [0.25, 0.3) is 6.08 Å². The first-order chi connectivity index (χ1) is 9.08. The number of phenolic OH excluding ortho intramolecular Hbond substituents is 1. The van der Waals surface area contributed by atoms with Gasteiger partial charge in [-0.1, -0.05) is 42.5 Å². The molecular formula is C16H17NO2. The maximum absolute atomic E-state index is 10.1. The summed E-state index contributed by atoms with van der Waals surface area (Å²) in [4.78, 5) is 0. The van der Waals surface area contributed by atoms with Crippen molar-refractivity contribution in [2.75, 3.05) is 5.73 Å². The van der Waals surface area contributed by atoms with E-state index in [0.29, 0.717) is 5.56 Å².